The van der Waals surface area contributed by atoms with Gasteiger partial charge in [-0.05, 0) is 36.4 Å². The number of carbonyl (C=O) groups excluding carboxylic acids is 1. The van der Waals surface area contributed by atoms with Crippen LogP contribution < -0.4 is 19.4 Å². The molecule has 0 aliphatic carbocycles. The van der Waals surface area contributed by atoms with Crippen molar-refractivity contribution < 1.29 is 19.5 Å². The quantitative estimate of drug-likeness (QED) is 0.733. The van der Waals surface area contributed by atoms with Crippen LogP contribution in [0.4, 0.5) is 11.4 Å². The zero-order valence-corrected chi connectivity index (χ0v) is 16.7. The van der Waals surface area contributed by atoms with Crippen molar-refractivity contribution in [2.24, 2.45) is 0 Å². The van der Waals surface area contributed by atoms with Crippen molar-refractivity contribution in [2.45, 2.75) is 6.42 Å². The fraction of sp³-hybridized carbons (Fsp3) is 0.364. The number of rotatable bonds is 7. The molecule has 1 aliphatic heterocycles. The van der Waals surface area contributed by atoms with Crippen LogP contribution in [0.3, 0.4) is 0 Å². The van der Waals surface area contributed by atoms with Crippen molar-refractivity contribution in [2.75, 3.05) is 56.2 Å². The van der Waals surface area contributed by atoms with Crippen LogP contribution in [-0.2, 0) is 4.79 Å². The maximum absolute atomic E-state index is 13.1. The van der Waals surface area contributed by atoms with E-state index in [1.807, 2.05) is 36.4 Å². The number of quaternary nitrogens is 1. The maximum atomic E-state index is 13.1. The molecule has 2 aromatic carbocycles. The molecule has 1 heterocycles. The van der Waals surface area contributed by atoms with E-state index in [2.05, 4.69) is 11.0 Å². The summed E-state index contributed by atoms with van der Waals surface area (Å²) in [5.41, 5.74) is 1.79. The van der Waals surface area contributed by atoms with Crippen molar-refractivity contribution in [3.63, 3.8) is 0 Å². The van der Waals surface area contributed by atoms with Gasteiger partial charge in [0.2, 0.25) is 0 Å². The first-order valence-electron chi connectivity index (χ1n) is 9.80. The Hall–Kier alpha value is -3.24. The lowest BCUT2D eigenvalue weighted by Gasteiger charge is -2.34. The number of methoxy groups -OCH3 is 1. The molecule has 7 heteroatoms. The van der Waals surface area contributed by atoms with Crippen molar-refractivity contribution >= 4 is 17.3 Å². The van der Waals surface area contributed by atoms with Crippen LogP contribution in [0.2, 0.25) is 0 Å². The molecule has 3 rings (SSSR count). The minimum atomic E-state index is -0.00201. The molecule has 29 heavy (non-hydrogen) atoms. The molecule has 152 valence electrons. The third-order valence-electron chi connectivity index (χ3n) is 5.21. The van der Waals surface area contributed by atoms with Gasteiger partial charge in [0.25, 0.3) is 5.91 Å². The monoisotopic (exact) mass is 395 g/mol. The number of phenols is 1. The molecule has 1 amide bonds. The Morgan fingerprint density at radius 1 is 1.21 bits per heavy atom. The van der Waals surface area contributed by atoms with Gasteiger partial charge in [0, 0.05) is 12.2 Å². The number of nitrogens with one attached hydrogen (secondary N) is 1. The molecule has 0 atom stereocenters. The van der Waals surface area contributed by atoms with Crippen LogP contribution in [0.25, 0.3) is 0 Å². The number of para-hydroxylation sites is 2. The number of benzene rings is 2. The minimum absolute atomic E-state index is 0.00201. The standard InChI is InChI=1S/C22H26N4O3/c1-29-21-6-3-2-5-20(21)26(12-4-11-23)22(28)17-24-13-15-25(16-14-24)18-7-9-19(27)10-8-18/h2-3,5-10,27H,4,12-17H2,1H3/p+1. The van der Waals surface area contributed by atoms with Gasteiger partial charge in [0.1, 0.15) is 11.5 Å². The molecule has 0 spiro atoms. The molecule has 0 radical (unpaired) electrons. The molecular weight excluding hydrogens is 368 g/mol. The van der Waals surface area contributed by atoms with Crippen LogP contribution >= 0.6 is 0 Å². The van der Waals surface area contributed by atoms with Gasteiger partial charge in [-0.1, -0.05) is 12.1 Å². The number of aromatic hydroxyl groups is 1. The second-order valence-corrected chi connectivity index (χ2v) is 7.06. The van der Waals surface area contributed by atoms with Crippen LogP contribution in [-0.4, -0.2) is 57.4 Å². The number of carbonyl (C=O) groups is 1. The predicted molar refractivity (Wildman–Crippen MR) is 111 cm³/mol. The highest BCUT2D eigenvalue weighted by molar-refractivity contribution is 5.95. The number of ether oxygens (including phenoxy) is 1. The molecule has 0 unspecified atom stereocenters. The first-order chi connectivity index (χ1) is 14.1. The molecule has 1 fully saturated rings. The number of amides is 1. The highest BCUT2D eigenvalue weighted by Crippen LogP contribution is 2.27. The van der Waals surface area contributed by atoms with E-state index in [0.717, 1.165) is 31.9 Å². The predicted octanol–water partition coefficient (Wildman–Crippen LogP) is 1.05. The summed E-state index contributed by atoms with van der Waals surface area (Å²) in [7, 11) is 1.58. The summed E-state index contributed by atoms with van der Waals surface area (Å²) in [5, 5.41) is 18.4. The van der Waals surface area contributed by atoms with Crippen molar-refractivity contribution in [3.05, 3.63) is 48.5 Å². The lowest BCUT2D eigenvalue weighted by molar-refractivity contribution is -0.892. The van der Waals surface area contributed by atoms with E-state index in [-0.39, 0.29) is 18.1 Å². The number of hydrogen-bond donors (Lipinski definition) is 2. The largest absolute Gasteiger partial charge is 0.508 e. The van der Waals surface area contributed by atoms with E-state index >= 15 is 0 Å². The average molecular weight is 395 g/mol. The van der Waals surface area contributed by atoms with E-state index in [0.29, 0.717) is 24.5 Å². The smallest absolute Gasteiger partial charge is 0.282 e. The normalized spacial score (nSPS) is 14.3. The van der Waals surface area contributed by atoms with Crippen LogP contribution in [0.1, 0.15) is 6.42 Å². The summed E-state index contributed by atoms with van der Waals surface area (Å²) in [6.45, 7) is 4.13. The number of hydrogen-bond acceptors (Lipinski definition) is 5. The molecule has 0 saturated carbocycles. The zero-order chi connectivity index (χ0) is 20.6. The summed E-state index contributed by atoms with van der Waals surface area (Å²) < 4.78 is 5.41. The van der Waals surface area contributed by atoms with Gasteiger partial charge in [-0.3, -0.25) is 4.79 Å². The van der Waals surface area contributed by atoms with Crippen LogP contribution in [0.5, 0.6) is 11.5 Å². The lowest BCUT2D eigenvalue weighted by Crippen LogP contribution is -3.16. The van der Waals surface area contributed by atoms with Gasteiger partial charge in [0.05, 0.1) is 51.5 Å². The second kappa shape index (κ2) is 9.80. The fourth-order valence-corrected chi connectivity index (χ4v) is 3.62. The Kier molecular flexibility index (Phi) is 6.93. The van der Waals surface area contributed by atoms with Gasteiger partial charge in [-0.25, -0.2) is 0 Å². The van der Waals surface area contributed by atoms with Crippen LogP contribution in [0, 0.1) is 11.3 Å². The second-order valence-electron chi connectivity index (χ2n) is 7.06. The third kappa shape index (κ3) is 5.18. The topological polar surface area (TPSA) is 81.2 Å². The van der Waals surface area contributed by atoms with Gasteiger partial charge in [0.15, 0.2) is 6.54 Å². The number of piperazine rings is 1. The van der Waals surface area contributed by atoms with E-state index < -0.39 is 0 Å². The van der Waals surface area contributed by atoms with E-state index in [9.17, 15) is 9.90 Å². The summed E-state index contributed by atoms with van der Waals surface area (Å²) in [6, 6.07) is 16.7. The molecular formula is C22H27N4O3+. The number of nitrogens with zero attached hydrogens (tertiary/aromatic N) is 3. The Morgan fingerprint density at radius 3 is 2.55 bits per heavy atom. The maximum Gasteiger partial charge on any atom is 0.282 e. The van der Waals surface area contributed by atoms with Gasteiger partial charge >= 0.3 is 0 Å². The lowest BCUT2D eigenvalue weighted by atomic mass is 10.2. The third-order valence-corrected chi connectivity index (χ3v) is 5.21. The highest BCUT2D eigenvalue weighted by atomic mass is 16.5. The zero-order valence-electron chi connectivity index (χ0n) is 16.7. The number of nitriles is 1. The average Bonchev–Trinajstić information content (AvgIpc) is 2.75. The number of anilines is 2. The van der Waals surface area contributed by atoms with Gasteiger partial charge in [-0.2, -0.15) is 5.26 Å². The molecule has 7 nitrogen and oxygen atoms in total. The molecule has 2 N–H and O–H groups in total. The van der Waals surface area contributed by atoms with E-state index in [1.165, 1.54) is 4.90 Å². The molecule has 1 aliphatic rings. The van der Waals surface area contributed by atoms with Crippen LogP contribution in [0.15, 0.2) is 48.5 Å². The molecule has 2 aromatic rings. The highest BCUT2D eigenvalue weighted by Gasteiger charge is 2.26. The minimum Gasteiger partial charge on any atom is -0.508 e. The van der Waals surface area contributed by atoms with Gasteiger partial charge in [-0.15, -0.1) is 0 Å². The fourth-order valence-electron chi connectivity index (χ4n) is 3.62. The Bertz CT molecular complexity index is 855. The Labute approximate surface area is 171 Å². The van der Waals surface area contributed by atoms with E-state index in [4.69, 9.17) is 10.00 Å². The number of phenolic OH excluding ortho intramolecular Hbond substituents is 1. The molecule has 0 bridgehead atoms. The van der Waals surface area contributed by atoms with Gasteiger partial charge < -0.3 is 24.5 Å². The van der Waals surface area contributed by atoms with Crippen molar-refractivity contribution in [3.8, 4) is 17.6 Å². The van der Waals surface area contributed by atoms with Crippen molar-refractivity contribution in [1.82, 2.24) is 0 Å². The molecule has 0 aromatic heterocycles. The van der Waals surface area contributed by atoms with E-state index in [1.54, 1.807) is 24.1 Å². The Balaban J connectivity index is 1.63. The Morgan fingerprint density at radius 2 is 1.90 bits per heavy atom. The first kappa shape index (κ1) is 20.5. The first-order valence-corrected chi connectivity index (χ1v) is 9.80. The summed E-state index contributed by atoms with van der Waals surface area (Å²) >= 11 is 0. The van der Waals surface area contributed by atoms with Crippen molar-refractivity contribution in [1.29, 1.82) is 5.26 Å². The summed E-state index contributed by atoms with van der Waals surface area (Å²) in [6.07, 6.45) is 0.272. The molecule has 1 saturated heterocycles. The SMILES string of the molecule is COc1ccccc1N(CCC#N)C(=O)C[NH+]1CCN(c2ccc(O)cc2)CC1. The summed E-state index contributed by atoms with van der Waals surface area (Å²) in [4.78, 5) is 18.2. The summed E-state index contributed by atoms with van der Waals surface area (Å²) in [5.74, 6) is 0.890.